The van der Waals surface area contributed by atoms with E-state index in [9.17, 15) is 31.1 Å². The summed E-state index contributed by atoms with van der Waals surface area (Å²) in [5, 5.41) is 8.64. The lowest BCUT2D eigenvalue weighted by Gasteiger charge is -2.06. The number of alkyl halides is 6. The van der Waals surface area contributed by atoms with Crippen LogP contribution in [0.15, 0.2) is 48.5 Å². The molecular weight excluding hydrogens is 390 g/mol. The average Bonchev–Trinajstić information content (AvgIpc) is 2.60. The molecule has 0 bridgehead atoms. The summed E-state index contributed by atoms with van der Waals surface area (Å²) in [6, 6.07) is 10.9. The lowest BCUT2D eigenvalue weighted by Crippen LogP contribution is -2.11. The summed E-state index contributed by atoms with van der Waals surface area (Å²) in [5.41, 5.74) is 1.19. The van der Waals surface area contributed by atoms with E-state index in [-0.39, 0.29) is 23.3 Å². The Bertz CT molecular complexity index is 734. The summed E-state index contributed by atoms with van der Waals surface area (Å²) in [5.74, 6) is -0.562. The Morgan fingerprint density at radius 2 is 1.14 bits per heavy atom. The Labute approximate surface area is 157 Å². The van der Waals surface area contributed by atoms with Crippen molar-refractivity contribution in [2.45, 2.75) is 31.8 Å². The number of carbonyl (C=O) groups excluding carboxylic acids is 1. The van der Waals surface area contributed by atoms with Gasteiger partial charge in [0.25, 0.3) is 0 Å². The molecule has 0 saturated heterocycles. The van der Waals surface area contributed by atoms with E-state index < -0.39 is 31.2 Å². The molecule has 1 N–H and O–H groups in total. The molecule has 3 nitrogen and oxygen atoms in total. The van der Waals surface area contributed by atoms with Gasteiger partial charge in [0.2, 0.25) is 0 Å². The molecular formula is C19H18F6O3. The summed E-state index contributed by atoms with van der Waals surface area (Å²) < 4.78 is 76.0. The molecule has 154 valence electrons. The van der Waals surface area contributed by atoms with Gasteiger partial charge >= 0.3 is 18.3 Å². The maximum atomic E-state index is 12.0. The molecule has 0 aliphatic heterocycles. The Morgan fingerprint density at radius 3 is 1.46 bits per heavy atom. The minimum atomic E-state index is -4.23. The molecule has 0 aliphatic rings. The van der Waals surface area contributed by atoms with Crippen molar-refractivity contribution in [3.63, 3.8) is 0 Å². The van der Waals surface area contributed by atoms with Crippen molar-refractivity contribution in [2.24, 2.45) is 0 Å². The molecule has 0 unspecified atom stereocenters. The lowest BCUT2D eigenvalue weighted by atomic mass is 10.1. The highest BCUT2D eigenvalue weighted by molar-refractivity contribution is 5.89. The van der Waals surface area contributed by atoms with Gasteiger partial charge in [0.15, 0.2) is 0 Å². The van der Waals surface area contributed by atoms with Crippen molar-refractivity contribution in [2.75, 3.05) is 7.11 Å². The zero-order valence-electron chi connectivity index (χ0n) is 14.8. The summed E-state index contributed by atoms with van der Waals surface area (Å²) in [6.07, 6.45) is -10.3. The first-order chi connectivity index (χ1) is 12.9. The number of aliphatic hydroxyl groups is 1. The minimum Gasteiger partial charge on any atom is -0.465 e. The Balaban J connectivity index is 0.000000283. The maximum absolute atomic E-state index is 12.0. The van der Waals surface area contributed by atoms with Crippen molar-refractivity contribution in [1.82, 2.24) is 0 Å². The number of hydrogen-bond donors (Lipinski definition) is 1. The Kier molecular flexibility index (Phi) is 8.49. The van der Waals surface area contributed by atoms with Gasteiger partial charge in [-0.15, -0.1) is 0 Å². The SMILES string of the molecule is COC(=O)c1ccc(CC(F)(F)F)cc1.OCc1ccc(CC(F)(F)F)cc1. The van der Waals surface area contributed by atoms with E-state index in [1.807, 2.05) is 0 Å². The van der Waals surface area contributed by atoms with E-state index in [1.54, 1.807) is 0 Å². The van der Waals surface area contributed by atoms with Crippen LogP contribution in [0.25, 0.3) is 0 Å². The van der Waals surface area contributed by atoms with Crippen LogP contribution in [0.1, 0.15) is 27.0 Å². The van der Waals surface area contributed by atoms with E-state index in [4.69, 9.17) is 5.11 Å². The van der Waals surface area contributed by atoms with Gasteiger partial charge in [0.05, 0.1) is 32.1 Å². The molecule has 0 saturated carbocycles. The molecule has 0 atom stereocenters. The second kappa shape index (κ2) is 10.1. The van der Waals surface area contributed by atoms with Gasteiger partial charge < -0.3 is 9.84 Å². The van der Waals surface area contributed by atoms with Gasteiger partial charge in [-0.3, -0.25) is 0 Å². The first-order valence-corrected chi connectivity index (χ1v) is 7.93. The third-order valence-corrected chi connectivity index (χ3v) is 3.39. The normalized spacial score (nSPS) is 11.4. The molecule has 0 aromatic heterocycles. The first-order valence-electron chi connectivity index (χ1n) is 7.93. The quantitative estimate of drug-likeness (QED) is 0.581. The van der Waals surface area contributed by atoms with E-state index in [2.05, 4.69) is 4.74 Å². The van der Waals surface area contributed by atoms with E-state index in [1.165, 1.54) is 55.6 Å². The molecule has 0 radical (unpaired) electrons. The van der Waals surface area contributed by atoms with Gasteiger partial charge in [0, 0.05) is 0 Å². The number of aliphatic hydroxyl groups excluding tert-OH is 1. The topological polar surface area (TPSA) is 46.5 Å². The van der Waals surface area contributed by atoms with Crippen molar-refractivity contribution in [3.05, 3.63) is 70.8 Å². The van der Waals surface area contributed by atoms with Crippen LogP contribution < -0.4 is 0 Å². The smallest absolute Gasteiger partial charge is 0.393 e. The van der Waals surface area contributed by atoms with E-state index in [0.717, 1.165) is 0 Å². The molecule has 0 aliphatic carbocycles. The van der Waals surface area contributed by atoms with E-state index in [0.29, 0.717) is 5.56 Å². The fraction of sp³-hybridized carbons (Fsp3) is 0.316. The fourth-order valence-corrected chi connectivity index (χ4v) is 2.10. The molecule has 28 heavy (non-hydrogen) atoms. The first kappa shape index (κ1) is 23.5. The van der Waals surface area contributed by atoms with Gasteiger partial charge in [0.1, 0.15) is 0 Å². The van der Waals surface area contributed by atoms with E-state index >= 15 is 0 Å². The molecule has 9 heteroatoms. The zero-order chi connectivity index (χ0) is 21.4. The van der Waals surface area contributed by atoms with Crippen molar-refractivity contribution < 1.29 is 41.0 Å². The number of rotatable bonds is 4. The Morgan fingerprint density at radius 1 is 0.786 bits per heavy atom. The Hall–Kier alpha value is -2.55. The molecule has 2 aromatic rings. The number of methoxy groups -OCH3 is 1. The van der Waals surface area contributed by atoms with Crippen LogP contribution in [0.2, 0.25) is 0 Å². The summed E-state index contributed by atoms with van der Waals surface area (Å²) in [7, 11) is 1.21. The van der Waals surface area contributed by atoms with Crippen LogP contribution in [-0.4, -0.2) is 30.5 Å². The number of ether oxygens (including phenoxy) is 1. The summed E-state index contributed by atoms with van der Waals surface area (Å²) in [4.78, 5) is 11.0. The highest BCUT2D eigenvalue weighted by atomic mass is 19.4. The van der Waals surface area contributed by atoms with Crippen molar-refractivity contribution >= 4 is 5.97 Å². The van der Waals surface area contributed by atoms with Crippen molar-refractivity contribution in [3.8, 4) is 0 Å². The van der Waals surface area contributed by atoms with Crippen LogP contribution in [0.5, 0.6) is 0 Å². The second-order valence-electron chi connectivity index (χ2n) is 5.75. The zero-order valence-corrected chi connectivity index (χ0v) is 14.8. The van der Waals surface area contributed by atoms with Crippen LogP contribution in [-0.2, 0) is 24.2 Å². The molecule has 0 spiro atoms. The largest absolute Gasteiger partial charge is 0.465 e. The van der Waals surface area contributed by atoms with Crippen LogP contribution >= 0.6 is 0 Å². The predicted molar refractivity (Wildman–Crippen MR) is 89.7 cm³/mol. The maximum Gasteiger partial charge on any atom is 0.393 e. The van der Waals surface area contributed by atoms with Crippen molar-refractivity contribution in [1.29, 1.82) is 0 Å². The molecule has 2 rings (SSSR count). The number of hydrogen-bond acceptors (Lipinski definition) is 3. The highest BCUT2D eigenvalue weighted by Gasteiger charge is 2.28. The van der Waals surface area contributed by atoms with Crippen LogP contribution in [0.3, 0.4) is 0 Å². The molecule has 2 aromatic carbocycles. The van der Waals surface area contributed by atoms with Crippen LogP contribution in [0, 0.1) is 0 Å². The second-order valence-corrected chi connectivity index (χ2v) is 5.75. The van der Waals surface area contributed by atoms with Gasteiger partial charge in [-0.1, -0.05) is 36.4 Å². The third kappa shape index (κ3) is 9.40. The molecule has 0 heterocycles. The predicted octanol–water partition coefficient (Wildman–Crippen LogP) is 4.86. The van der Waals surface area contributed by atoms with Gasteiger partial charge in [-0.2, -0.15) is 26.3 Å². The molecule has 0 fully saturated rings. The lowest BCUT2D eigenvalue weighted by molar-refractivity contribution is -0.128. The number of benzene rings is 2. The van der Waals surface area contributed by atoms with Gasteiger partial charge in [-0.05, 0) is 28.8 Å². The summed E-state index contributed by atoms with van der Waals surface area (Å²) >= 11 is 0. The fourth-order valence-electron chi connectivity index (χ4n) is 2.10. The highest BCUT2D eigenvalue weighted by Crippen LogP contribution is 2.22. The summed E-state index contributed by atoms with van der Waals surface area (Å²) in [6.45, 7) is -0.147. The molecule has 0 amide bonds. The van der Waals surface area contributed by atoms with Gasteiger partial charge in [-0.25, -0.2) is 4.79 Å². The standard InChI is InChI=1S/C10H9F3O2.C9H9F3O/c1-15-9(14)8-4-2-7(3-5-8)6-10(11,12)13;10-9(11,12)5-7-1-3-8(6-13)4-2-7/h2-5H,6H2,1H3;1-4,13H,5-6H2. The monoisotopic (exact) mass is 408 g/mol. The minimum absolute atomic E-state index is 0.121. The average molecular weight is 408 g/mol. The van der Waals surface area contributed by atoms with Crippen LogP contribution in [0.4, 0.5) is 26.3 Å². The number of esters is 1. The third-order valence-electron chi connectivity index (χ3n) is 3.39. The number of carbonyl (C=O) groups is 1. The number of halogens is 6.